The summed E-state index contributed by atoms with van der Waals surface area (Å²) in [5.74, 6) is -0.409. The Hall–Kier alpha value is -1.95. The first-order chi connectivity index (χ1) is 10.0. The fourth-order valence-electron chi connectivity index (χ4n) is 2.38. The summed E-state index contributed by atoms with van der Waals surface area (Å²) in [6, 6.07) is 4.42. The number of fused-ring (bicyclic) bond motifs is 1. The Morgan fingerprint density at radius 2 is 2.10 bits per heavy atom. The van der Waals surface area contributed by atoms with Crippen molar-refractivity contribution in [3.05, 3.63) is 29.8 Å². The van der Waals surface area contributed by atoms with E-state index in [0.29, 0.717) is 18.6 Å². The molecule has 0 atom stereocenters. The van der Waals surface area contributed by atoms with Gasteiger partial charge in [0.15, 0.2) is 0 Å². The van der Waals surface area contributed by atoms with E-state index in [2.05, 4.69) is 23.7 Å². The molecule has 1 N–H and O–H groups in total. The number of nitrogens with zero attached hydrogens (tertiary/aromatic N) is 3. The number of benzene rings is 1. The first-order valence-corrected chi connectivity index (χ1v) is 7.14. The van der Waals surface area contributed by atoms with Crippen molar-refractivity contribution in [3.8, 4) is 0 Å². The molecule has 0 unspecified atom stereocenters. The Morgan fingerprint density at radius 3 is 2.71 bits per heavy atom. The molecule has 0 aliphatic rings. The number of aromatic nitrogens is 2. The number of carbonyl (C=O) groups is 1. The Balaban J connectivity index is 2.40. The average Bonchev–Trinajstić information content (AvgIpc) is 2.78. The van der Waals surface area contributed by atoms with Crippen LogP contribution in [0.1, 0.15) is 26.1 Å². The van der Waals surface area contributed by atoms with Crippen LogP contribution in [0.2, 0.25) is 0 Å². The fourth-order valence-corrected chi connectivity index (χ4v) is 2.38. The molecule has 0 spiro atoms. The number of carboxylic acids is 1. The van der Waals surface area contributed by atoms with Crippen molar-refractivity contribution in [2.45, 2.75) is 33.4 Å². The highest BCUT2D eigenvalue weighted by molar-refractivity contribution is 5.76. The summed E-state index contributed by atoms with van der Waals surface area (Å²) < 4.78 is 15.2. The van der Waals surface area contributed by atoms with E-state index in [4.69, 9.17) is 5.11 Å². The molecule has 0 bridgehead atoms. The minimum Gasteiger partial charge on any atom is -0.481 e. The molecule has 21 heavy (non-hydrogen) atoms. The molecule has 0 radical (unpaired) electrons. The number of imidazole rings is 1. The van der Waals surface area contributed by atoms with Crippen molar-refractivity contribution in [2.24, 2.45) is 0 Å². The van der Waals surface area contributed by atoms with Crippen LogP contribution < -0.4 is 0 Å². The number of aliphatic carboxylic acids is 1. The Bertz CT molecular complexity index is 635. The molecule has 0 aliphatic heterocycles. The van der Waals surface area contributed by atoms with E-state index < -0.39 is 5.97 Å². The summed E-state index contributed by atoms with van der Waals surface area (Å²) in [5, 5.41) is 8.89. The lowest BCUT2D eigenvalue weighted by atomic mass is 10.3. The molecule has 6 heteroatoms. The van der Waals surface area contributed by atoms with Crippen LogP contribution in [0.15, 0.2) is 18.2 Å². The van der Waals surface area contributed by atoms with E-state index in [1.807, 2.05) is 4.57 Å². The lowest BCUT2D eigenvalue weighted by molar-refractivity contribution is -0.137. The van der Waals surface area contributed by atoms with Crippen molar-refractivity contribution >= 4 is 17.0 Å². The minimum absolute atomic E-state index is 0.0219. The lowest BCUT2D eigenvalue weighted by Crippen LogP contribution is -2.24. The molecular formula is C15H20FN3O2. The first-order valence-electron chi connectivity index (χ1n) is 7.14. The van der Waals surface area contributed by atoms with Gasteiger partial charge in [0.1, 0.15) is 11.6 Å². The van der Waals surface area contributed by atoms with Crippen molar-refractivity contribution in [1.29, 1.82) is 0 Å². The van der Waals surface area contributed by atoms with Gasteiger partial charge in [-0.25, -0.2) is 9.37 Å². The van der Waals surface area contributed by atoms with Crippen molar-refractivity contribution < 1.29 is 14.3 Å². The monoisotopic (exact) mass is 293 g/mol. The van der Waals surface area contributed by atoms with E-state index in [1.54, 1.807) is 6.07 Å². The van der Waals surface area contributed by atoms with E-state index in [0.717, 1.165) is 24.4 Å². The predicted octanol–water partition coefficient (Wildman–Crippen LogP) is 2.49. The second kappa shape index (κ2) is 6.67. The van der Waals surface area contributed by atoms with Gasteiger partial charge in [0.05, 0.1) is 24.0 Å². The van der Waals surface area contributed by atoms with Crippen LogP contribution in [0, 0.1) is 5.82 Å². The van der Waals surface area contributed by atoms with Gasteiger partial charge in [0.25, 0.3) is 0 Å². The number of rotatable bonds is 7. The van der Waals surface area contributed by atoms with Gasteiger partial charge in [-0.2, -0.15) is 0 Å². The van der Waals surface area contributed by atoms with Gasteiger partial charge in [0.2, 0.25) is 0 Å². The van der Waals surface area contributed by atoms with Gasteiger partial charge < -0.3 is 9.67 Å². The summed E-state index contributed by atoms with van der Waals surface area (Å²) in [4.78, 5) is 17.5. The Labute approximate surface area is 123 Å². The third-order valence-corrected chi connectivity index (χ3v) is 3.60. The van der Waals surface area contributed by atoms with Crippen LogP contribution in [0.25, 0.3) is 11.0 Å². The highest BCUT2D eigenvalue weighted by atomic mass is 19.1. The van der Waals surface area contributed by atoms with E-state index in [9.17, 15) is 9.18 Å². The van der Waals surface area contributed by atoms with Crippen LogP contribution >= 0.6 is 0 Å². The SMILES string of the molecule is CCN(CC)Cc1nc2cc(F)ccc2n1CCC(=O)O. The summed E-state index contributed by atoms with van der Waals surface area (Å²) in [6.45, 7) is 6.86. The maximum atomic E-state index is 13.3. The molecule has 0 amide bonds. The third-order valence-electron chi connectivity index (χ3n) is 3.60. The van der Waals surface area contributed by atoms with E-state index in [1.165, 1.54) is 12.1 Å². The topological polar surface area (TPSA) is 58.4 Å². The van der Waals surface area contributed by atoms with Gasteiger partial charge in [-0.1, -0.05) is 13.8 Å². The highest BCUT2D eigenvalue weighted by Crippen LogP contribution is 2.19. The van der Waals surface area contributed by atoms with Gasteiger partial charge in [-0.05, 0) is 25.2 Å². The average molecular weight is 293 g/mol. The molecule has 1 aromatic carbocycles. The summed E-state index contributed by atoms with van der Waals surface area (Å²) in [5.41, 5.74) is 1.35. The van der Waals surface area contributed by atoms with E-state index >= 15 is 0 Å². The predicted molar refractivity (Wildman–Crippen MR) is 78.6 cm³/mol. The Morgan fingerprint density at radius 1 is 1.38 bits per heavy atom. The van der Waals surface area contributed by atoms with Crippen LogP contribution in [0.4, 0.5) is 4.39 Å². The summed E-state index contributed by atoms with van der Waals surface area (Å²) >= 11 is 0. The van der Waals surface area contributed by atoms with Crippen LogP contribution in [0.3, 0.4) is 0 Å². The molecule has 0 aliphatic carbocycles. The molecule has 0 saturated carbocycles. The molecule has 1 heterocycles. The normalized spacial score (nSPS) is 11.4. The Kier molecular flexibility index (Phi) is 4.90. The molecule has 0 fully saturated rings. The van der Waals surface area contributed by atoms with Crippen molar-refractivity contribution in [2.75, 3.05) is 13.1 Å². The third kappa shape index (κ3) is 3.58. The zero-order valence-electron chi connectivity index (χ0n) is 12.3. The fraction of sp³-hybridized carbons (Fsp3) is 0.467. The molecule has 5 nitrogen and oxygen atoms in total. The number of carboxylic acid groups (broad SMARTS) is 1. The van der Waals surface area contributed by atoms with Crippen LogP contribution in [-0.2, 0) is 17.9 Å². The quantitative estimate of drug-likeness (QED) is 0.852. The second-order valence-electron chi connectivity index (χ2n) is 4.92. The zero-order chi connectivity index (χ0) is 15.4. The summed E-state index contributed by atoms with van der Waals surface area (Å²) in [7, 11) is 0. The van der Waals surface area contributed by atoms with Crippen LogP contribution in [-0.4, -0.2) is 38.6 Å². The van der Waals surface area contributed by atoms with Gasteiger partial charge >= 0.3 is 5.97 Å². The highest BCUT2D eigenvalue weighted by Gasteiger charge is 2.14. The van der Waals surface area contributed by atoms with Gasteiger partial charge in [0, 0.05) is 12.6 Å². The number of hydrogen-bond acceptors (Lipinski definition) is 3. The van der Waals surface area contributed by atoms with Gasteiger partial charge in [-0.15, -0.1) is 0 Å². The maximum absolute atomic E-state index is 13.3. The summed E-state index contributed by atoms with van der Waals surface area (Å²) in [6.07, 6.45) is 0.0219. The first kappa shape index (κ1) is 15.4. The molecule has 1 aromatic heterocycles. The molecule has 2 aromatic rings. The smallest absolute Gasteiger partial charge is 0.305 e. The zero-order valence-corrected chi connectivity index (χ0v) is 12.3. The minimum atomic E-state index is -0.854. The molecule has 2 rings (SSSR count). The maximum Gasteiger partial charge on any atom is 0.305 e. The molecule has 114 valence electrons. The number of halogens is 1. The number of hydrogen-bond donors (Lipinski definition) is 1. The molecule has 0 saturated heterocycles. The van der Waals surface area contributed by atoms with Gasteiger partial charge in [-0.3, -0.25) is 9.69 Å². The standard InChI is InChI=1S/C15H20FN3O2/c1-3-18(4-2)10-14-17-12-9-11(16)5-6-13(12)19(14)8-7-15(20)21/h5-6,9H,3-4,7-8,10H2,1-2H3,(H,20,21). The van der Waals surface area contributed by atoms with E-state index in [-0.39, 0.29) is 12.2 Å². The second-order valence-corrected chi connectivity index (χ2v) is 4.92. The lowest BCUT2D eigenvalue weighted by Gasteiger charge is -2.18. The van der Waals surface area contributed by atoms with Crippen molar-refractivity contribution in [3.63, 3.8) is 0 Å². The largest absolute Gasteiger partial charge is 0.481 e. The van der Waals surface area contributed by atoms with Crippen LogP contribution in [0.5, 0.6) is 0 Å². The number of aryl methyl sites for hydroxylation is 1. The van der Waals surface area contributed by atoms with Crippen molar-refractivity contribution in [1.82, 2.24) is 14.5 Å². The molecular weight excluding hydrogens is 273 g/mol.